The third-order valence-corrected chi connectivity index (χ3v) is 3.43. The summed E-state index contributed by atoms with van der Waals surface area (Å²) in [6, 6.07) is 0.474. The van der Waals surface area contributed by atoms with Gasteiger partial charge in [-0.25, -0.2) is 9.48 Å². The van der Waals surface area contributed by atoms with Gasteiger partial charge in [0, 0.05) is 26.2 Å². The first-order valence-corrected chi connectivity index (χ1v) is 6.15. The number of nitrogens with zero attached hydrogens (tertiary/aromatic N) is 3. The van der Waals surface area contributed by atoms with Crippen LogP contribution in [-0.2, 0) is 14.1 Å². The monoisotopic (exact) mass is 253 g/mol. The number of rotatable bonds is 2. The second-order valence-corrected chi connectivity index (χ2v) is 4.87. The van der Waals surface area contributed by atoms with Crippen molar-refractivity contribution in [2.45, 2.75) is 37.8 Å². The van der Waals surface area contributed by atoms with E-state index in [9.17, 15) is 9.59 Å². The third-order valence-electron chi connectivity index (χ3n) is 3.43. The minimum Gasteiger partial charge on any atom is -0.361 e. The predicted octanol–water partition coefficient (Wildman–Crippen LogP) is -0.839. The van der Waals surface area contributed by atoms with Gasteiger partial charge in [0.15, 0.2) is 0 Å². The smallest absolute Gasteiger partial charge is 0.346 e. The first-order chi connectivity index (χ1) is 8.49. The molecule has 0 spiro atoms. The van der Waals surface area contributed by atoms with Crippen molar-refractivity contribution in [3.8, 4) is 0 Å². The Kier molecular flexibility index (Phi) is 3.51. The summed E-state index contributed by atoms with van der Waals surface area (Å²) in [4.78, 5) is 23.4. The van der Waals surface area contributed by atoms with Gasteiger partial charge in [0.05, 0.1) is 0 Å². The number of aromatic nitrogens is 3. The molecule has 2 rings (SSSR count). The maximum absolute atomic E-state index is 11.9. The fourth-order valence-corrected chi connectivity index (χ4v) is 2.25. The van der Waals surface area contributed by atoms with Gasteiger partial charge in [0.25, 0.3) is 5.56 Å². The quantitative estimate of drug-likeness (QED) is 0.716. The lowest BCUT2D eigenvalue weighted by molar-refractivity contribution is 0.409. The highest BCUT2D eigenvalue weighted by atomic mass is 16.2. The summed E-state index contributed by atoms with van der Waals surface area (Å²) in [7, 11) is 2.98. The van der Waals surface area contributed by atoms with Gasteiger partial charge < -0.3 is 11.1 Å². The lowest BCUT2D eigenvalue weighted by Gasteiger charge is -2.26. The van der Waals surface area contributed by atoms with Crippen molar-refractivity contribution in [1.82, 2.24) is 14.3 Å². The van der Waals surface area contributed by atoms with E-state index in [1.54, 1.807) is 0 Å². The Bertz CT molecular complexity index is 539. The van der Waals surface area contributed by atoms with Crippen molar-refractivity contribution in [3.63, 3.8) is 0 Å². The molecule has 3 N–H and O–H groups in total. The zero-order valence-corrected chi connectivity index (χ0v) is 10.7. The number of nitrogens with one attached hydrogen (secondary N) is 1. The van der Waals surface area contributed by atoms with E-state index in [2.05, 4.69) is 10.4 Å². The molecule has 1 fully saturated rings. The number of nitrogens with two attached hydrogens (primary N) is 1. The van der Waals surface area contributed by atoms with E-state index >= 15 is 0 Å². The van der Waals surface area contributed by atoms with Gasteiger partial charge in [-0.15, -0.1) is 5.10 Å². The Hall–Kier alpha value is -1.63. The van der Waals surface area contributed by atoms with E-state index in [-0.39, 0.29) is 23.5 Å². The summed E-state index contributed by atoms with van der Waals surface area (Å²) >= 11 is 0. The average Bonchev–Trinajstić information content (AvgIpc) is 2.36. The van der Waals surface area contributed by atoms with Gasteiger partial charge in [0.2, 0.25) is 5.82 Å². The summed E-state index contributed by atoms with van der Waals surface area (Å²) in [6.45, 7) is 0. The van der Waals surface area contributed by atoms with E-state index in [0.717, 1.165) is 34.9 Å². The Balaban J connectivity index is 2.20. The molecule has 1 aliphatic rings. The largest absolute Gasteiger partial charge is 0.361 e. The Morgan fingerprint density at radius 3 is 2.44 bits per heavy atom. The molecule has 1 heterocycles. The molecular weight excluding hydrogens is 234 g/mol. The summed E-state index contributed by atoms with van der Waals surface area (Å²) in [5, 5.41) is 7.09. The van der Waals surface area contributed by atoms with Crippen molar-refractivity contribution < 1.29 is 0 Å². The zero-order chi connectivity index (χ0) is 13.3. The van der Waals surface area contributed by atoms with Crippen molar-refractivity contribution in [2.24, 2.45) is 19.8 Å². The molecule has 1 saturated carbocycles. The number of hydrogen-bond donors (Lipinski definition) is 2. The molecule has 0 aliphatic heterocycles. The van der Waals surface area contributed by atoms with Gasteiger partial charge >= 0.3 is 5.69 Å². The van der Waals surface area contributed by atoms with Crippen LogP contribution in [0.3, 0.4) is 0 Å². The van der Waals surface area contributed by atoms with Crippen LogP contribution in [0.25, 0.3) is 0 Å². The Morgan fingerprint density at radius 2 is 1.83 bits per heavy atom. The molecule has 100 valence electrons. The fraction of sp³-hybridized carbons (Fsp3) is 0.727. The topological polar surface area (TPSA) is 94.9 Å². The molecule has 1 aromatic rings. The first kappa shape index (κ1) is 12.8. The van der Waals surface area contributed by atoms with Crippen LogP contribution in [0.2, 0.25) is 0 Å². The highest BCUT2D eigenvalue weighted by Crippen LogP contribution is 2.18. The molecule has 0 radical (unpaired) electrons. The maximum Gasteiger partial charge on any atom is 0.346 e. The average molecular weight is 253 g/mol. The highest BCUT2D eigenvalue weighted by Gasteiger charge is 2.20. The number of anilines is 1. The van der Waals surface area contributed by atoms with Gasteiger partial charge in [-0.3, -0.25) is 9.36 Å². The molecule has 0 atom stereocenters. The molecular formula is C11H19N5O2. The van der Waals surface area contributed by atoms with E-state index in [0.29, 0.717) is 0 Å². The molecule has 0 amide bonds. The van der Waals surface area contributed by atoms with Crippen molar-refractivity contribution >= 4 is 5.82 Å². The second-order valence-electron chi connectivity index (χ2n) is 4.87. The Morgan fingerprint density at radius 1 is 1.22 bits per heavy atom. The van der Waals surface area contributed by atoms with E-state index in [4.69, 9.17) is 5.73 Å². The van der Waals surface area contributed by atoms with Gasteiger partial charge in [0.1, 0.15) is 0 Å². The van der Waals surface area contributed by atoms with Crippen LogP contribution in [0.5, 0.6) is 0 Å². The van der Waals surface area contributed by atoms with Gasteiger partial charge in [-0.2, -0.15) is 0 Å². The summed E-state index contributed by atoms with van der Waals surface area (Å²) < 4.78 is 2.22. The van der Waals surface area contributed by atoms with Crippen LogP contribution in [0.4, 0.5) is 5.82 Å². The van der Waals surface area contributed by atoms with Crippen molar-refractivity contribution in [3.05, 3.63) is 20.8 Å². The van der Waals surface area contributed by atoms with Gasteiger partial charge in [-0.1, -0.05) is 0 Å². The second kappa shape index (κ2) is 4.93. The molecule has 1 aliphatic carbocycles. The fourth-order valence-electron chi connectivity index (χ4n) is 2.25. The number of hydrogen-bond acceptors (Lipinski definition) is 5. The number of aryl methyl sites for hydroxylation is 1. The zero-order valence-electron chi connectivity index (χ0n) is 10.7. The maximum atomic E-state index is 11.9. The SMILES string of the molecule is Cn1nc(NC2CCC(N)CC2)c(=O)n(C)c1=O. The van der Waals surface area contributed by atoms with E-state index < -0.39 is 5.69 Å². The molecule has 7 nitrogen and oxygen atoms in total. The van der Waals surface area contributed by atoms with Crippen LogP contribution in [0, 0.1) is 0 Å². The summed E-state index contributed by atoms with van der Waals surface area (Å²) in [6.07, 6.45) is 3.75. The van der Waals surface area contributed by atoms with Crippen LogP contribution >= 0.6 is 0 Å². The predicted molar refractivity (Wildman–Crippen MR) is 68.6 cm³/mol. The third kappa shape index (κ3) is 2.45. The molecule has 0 bridgehead atoms. The van der Waals surface area contributed by atoms with Crippen molar-refractivity contribution in [1.29, 1.82) is 0 Å². The Labute approximate surface area is 105 Å². The van der Waals surface area contributed by atoms with E-state index in [1.807, 2.05) is 0 Å². The van der Waals surface area contributed by atoms with Gasteiger partial charge in [-0.05, 0) is 25.7 Å². The summed E-state index contributed by atoms with van der Waals surface area (Å²) in [5.74, 6) is 0.236. The van der Waals surface area contributed by atoms with E-state index in [1.165, 1.54) is 14.1 Å². The van der Waals surface area contributed by atoms with Crippen molar-refractivity contribution in [2.75, 3.05) is 5.32 Å². The first-order valence-electron chi connectivity index (χ1n) is 6.15. The molecule has 0 aromatic carbocycles. The molecule has 7 heteroatoms. The molecule has 0 saturated heterocycles. The lowest BCUT2D eigenvalue weighted by Crippen LogP contribution is -2.42. The van der Waals surface area contributed by atoms with Crippen LogP contribution in [0.1, 0.15) is 25.7 Å². The normalized spacial score (nSPS) is 23.9. The van der Waals surface area contributed by atoms with Crippen LogP contribution in [-0.4, -0.2) is 26.4 Å². The minimum absolute atomic E-state index is 0.211. The highest BCUT2D eigenvalue weighted by molar-refractivity contribution is 5.31. The van der Waals surface area contributed by atoms with Crippen LogP contribution < -0.4 is 22.3 Å². The van der Waals surface area contributed by atoms with Crippen LogP contribution in [0.15, 0.2) is 9.59 Å². The molecule has 1 aromatic heterocycles. The lowest BCUT2D eigenvalue weighted by atomic mass is 9.92. The standard InChI is InChI=1S/C11H19N5O2/c1-15-10(17)9(14-16(2)11(15)18)13-8-5-3-7(12)4-6-8/h7-8H,3-6,12H2,1-2H3,(H,13,14). The minimum atomic E-state index is -0.420. The molecule has 0 unspecified atom stereocenters. The summed E-state index contributed by atoms with van der Waals surface area (Å²) in [5.41, 5.74) is 5.03. The molecule has 18 heavy (non-hydrogen) atoms.